The largest absolute Gasteiger partial charge is 0.375 e. The maximum absolute atomic E-state index is 12.5. The van der Waals surface area contributed by atoms with E-state index in [1.165, 1.54) is 11.3 Å². The van der Waals surface area contributed by atoms with Crippen LogP contribution in [0.1, 0.15) is 16.1 Å². The molecule has 0 radical (unpaired) electrons. The Hall–Kier alpha value is -2.47. The Morgan fingerprint density at radius 3 is 2.95 bits per heavy atom. The molecule has 0 saturated heterocycles. The van der Waals surface area contributed by atoms with Crippen molar-refractivity contribution < 1.29 is 4.79 Å². The second-order valence-corrected chi connectivity index (χ2v) is 6.09. The summed E-state index contributed by atoms with van der Waals surface area (Å²) >= 11 is 1.42. The van der Waals surface area contributed by atoms with Crippen LogP contribution < -0.4 is 5.73 Å². The van der Waals surface area contributed by atoms with Crippen LogP contribution in [0.4, 0.5) is 5.13 Å². The van der Waals surface area contributed by atoms with Gasteiger partial charge in [-0.2, -0.15) is 0 Å². The smallest absolute Gasteiger partial charge is 0.253 e. The fourth-order valence-corrected chi connectivity index (χ4v) is 2.94. The van der Waals surface area contributed by atoms with E-state index in [1.807, 2.05) is 30.3 Å². The second-order valence-electron chi connectivity index (χ2n) is 5.03. The molecule has 0 aliphatic carbocycles. The standard InChI is InChI=1S/C16H16N4OS/c1-20(9-7-12-4-2-3-8-18-12)15(21)11-5-6-14-13(10-11)19-16(17)22-14/h2-6,8,10H,7,9H2,1H3,(H2,17,19). The second kappa shape index (κ2) is 6.11. The number of carbonyl (C=O) groups excluding carboxylic acids is 1. The van der Waals surface area contributed by atoms with Gasteiger partial charge in [0.1, 0.15) is 0 Å². The maximum atomic E-state index is 12.5. The van der Waals surface area contributed by atoms with Gasteiger partial charge in [0, 0.05) is 37.5 Å². The number of hydrogen-bond acceptors (Lipinski definition) is 5. The van der Waals surface area contributed by atoms with Crippen LogP contribution in [0.15, 0.2) is 42.6 Å². The lowest BCUT2D eigenvalue weighted by Gasteiger charge is -2.17. The lowest BCUT2D eigenvalue weighted by atomic mass is 10.2. The number of nitrogens with two attached hydrogens (primary N) is 1. The molecule has 3 rings (SSSR count). The molecule has 6 heteroatoms. The average molecular weight is 312 g/mol. The van der Waals surface area contributed by atoms with Crippen molar-refractivity contribution in [3.05, 3.63) is 53.9 Å². The van der Waals surface area contributed by atoms with Gasteiger partial charge in [0.2, 0.25) is 0 Å². The van der Waals surface area contributed by atoms with Crippen LogP contribution in [0.2, 0.25) is 0 Å². The highest BCUT2D eigenvalue weighted by Crippen LogP contribution is 2.24. The Kier molecular flexibility index (Phi) is 4.02. The van der Waals surface area contributed by atoms with Gasteiger partial charge in [-0.1, -0.05) is 17.4 Å². The average Bonchev–Trinajstić information content (AvgIpc) is 2.92. The van der Waals surface area contributed by atoms with E-state index < -0.39 is 0 Å². The van der Waals surface area contributed by atoms with Crippen LogP contribution in [-0.4, -0.2) is 34.4 Å². The van der Waals surface area contributed by atoms with Crippen LogP contribution in [0.5, 0.6) is 0 Å². The summed E-state index contributed by atoms with van der Waals surface area (Å²) in [6.07, 6.45) is 2.49. The van der Waals surface area contributed by atoms with Gasteiger partial charge in [-0.05, 0) is 30.3 Å². The quantitative estimate of drug-likeness (QED) is 0.803. The molecule has 1 aromatic carbocycles. The number of aromatic nitrogens is 2. The molecule has 2 N–H and O–H groups in total. The SMILES string of the molecule is CN(CCc1ccccn1)C(=O)c1ccc2sc(N)nc2c1. The van der Waals surface area contributed by atoms with Gasteiger partial charge < -0.3 is 10.6 Å². The summed E-state index contributed by atoms with van der Waals surface area (Å²) < 4.78 is 0.991. The van der Waals surface area contributed by atoms with Crippen LogP contribution in [0.3, 0.4) is 0 Å². The zero-order chi connectivity index (χ0) is 15.5. The van der Waals surface area contributed by atoms with E-state index in [4.69, 9.17) is 5.73 Å². The highest BCUT2D eigenvalue weighted by atomic mass is 32.1. The number of rotatable bonds is 4. The number of pyridine rings is 1. The van der Waals surface area contributed by atoms with E-state index in [-0.39, 0.29) is 5.91 Å². The molecule has 0 spiro atoms. The number of carbonyl (C=O) groups is 1. The first-order valence-electron chi connectivity index (χ1n) is 6.95. The summed E-state index contributed by atoms with van der Waals surface area (Å²) in [5.41, 5.74) is 8.07. The highest BCUT2D eigenvalue weighted by molar-refractivity contribution is 7.22. The van der Waals surface area contributed by atoms with E-state index in [0.717, 1.165) is 22.3 Å². The predicted octanol–water partition coefficient (Wildman–Crippen LogP) is 2.59. The molecule has 3 aromatic rings. The van der Waals surface area contributed by atoms with E-state index in [9.17, 15) is 4.79 Å². The van der Waals surface area contributed by atoms with Crippen molar-refractivity contribution >= 4 is 32.6 Å². The van der Waals surface area contributed by atoms with Gasteiger partial charge in [-0.25, -0.2) is 4.98 Å². The van der Waals surface area contributed by atoms with Crippen LogP contribution in [0, 0.1) is 0 Å². The topological polar surface area (TPSA) is 72.1 Å². The molecule has 0 saturated carbocycles. The number of nitrogen functional groups attached to an aromatic ring is 1. The molecule has 5 nitrogen and oxygen atoms in total. The van der Waals surface area contributed by atoms with Crippen molar-refractivity contribution in [1.29, 1.82) is 0 Å². The maximum Gasteiger partial charge on any atom is 0.253 e. The molecule has 2 aromatic heterocycles. The fourth-order valence-electron chi connectivity index (χ4n) is 2.23. The van der Waals surface area contributed by atoms with E-state index in [0.29, 0.717) is 17.2 Å². The van der Waals surface area contributed by atoms with Crippen LogP contribution >= 0.6 is 11.3 Å². The third-order valence-electron chi connectivity index (χ3n) is 3.43. The Morgan fingerprint density at radius 1 is 1.32 bits per heavy atom. The first-order valence-corrected chi connectivity index (χ1v) is 7.76. The third kappa shape index (κ3) is 3.07. The van der Waals surface area contributed by atoms with Gasteiger partial charge in [0.05, 0.1) is 10.2 Å². The normalized spacial score (nSPS) is 10.8. The molecule has 0 atom stereocenters. The zero-order valence-corrected chi connectivity index (χ0v) is 13.0. The third-order valence-corrected chi connectivity index (χ3v) is 4.29. The van der Waals surface area contributed by atoms with Crippen molar-refractivity contribution in [2.24, 2.45) is 0 Å². The van der Waals surface area contributed by atoms with E-state index in [1.54, 1.807) is 24.2 Å². The molecule has 0 aliphatic heterocycles. The lowest BCUT2D eigenvalue weighted by Crippen LogP contribution is -2.28. The molecule has 1 amide bonds. The van der Waals surface area contributed by atoms with E-state index in [2.05, 4.69) is 9.97 Å². The van der Waals surface area contributed by atoms with Gasteiger partial charge in [-0.15, -0.1) is 0 Å². The van der Waals surface area contributed by atoms with Crippen molar-refractivity contribution in [2.75, 3.05) is 19.3 Å². The van der Waals surface area contributed by atoms with Crippen LogP contribution in [0.25, 0.3) is 10.2 Å². The van der Waals surface area contributed by atoms with Gasteiger partial charge >= 0.3 is 0 Å². The number of amides is 1. The predicted molar refractivity (Wildman–Crippen MR) is 88.9 cm³/mol. The molecule has 0 bridgehead atoms. The number of anilines is 1. The lowest BCUT2D eigenvalue weighted by molar-refractivity contribution is 0.0796. The number of hydrogen-bond donors (Lipinski definition) is 1. The summed E-state index contributed by atoms with van der Waals surface area (Å²) in [5.74, 6) is -0.0237. The minimum atomic E-state index is -0.0237. The highest BCUT2D eigenvalue weighted by Gasteiger charge is 2.13. The number of nitrogens with zero attached hydrogens (tertiary/aromatic N) is 3. The van der Waals surface area contributed by atoms with Crippen molar-refractivity contribution in [1.82, 2.24) is 14.9 Å². The minimum Gasteiger partial charge on any atom is -0.375 e. The Balaban J connectivity index is 1.71. The first kappa shape index (κ1) is 14.5. The van der Waals surface area contributed by atoms with Crippen LogP contribution in [-0.2, 0) is 6.42 Å². The molecule has 0 unspecified atom stereocenters. The van der Waals surface area contributed by atoms with Gasteiger partial charge in [0.25, 0.3) is 5.91 Å². The fraction of sp³-hybridized carbons (Fsp3) is 0.188. The van der Waals surface area contributed by atoms with Gasteiger partial charge in [-0.3, -0.25) is 9.78 Å². The number of likely N-dealkylation sites (N-methyl/N-ethyl adjacent to an activating group) is 1. The minimum absolute atomic E-state index is 0.0237. The Labute approximate surface area is 132 Å². The molecule has 0 fully saturated rings. The summed E-state index contributed by atoms with van der Waals surface area (Å²) in [5, 5.41) is 0.517. The van der Waals surface area contributed by atoms with E-state index >= 15 is 0 Å². The summed E-state index contributed by atoms with van der Waals surface area (Å²) in [6.45, 7) is 0.618. The molecule has 22 heavy (non-hydrogen) atoms. The first-order chi connectivity index (χ1) is 10.6. The Bertz CT molecular complexity index is 800. The summed E-state index contributed by atoms with van der Waals surface area (Å²) in [7, 11) is 1.80. The monoisotopic (exact) mass is 312 g/mol. The molecular weight excluding hydrogens is 296 g/mol. The summed E-state index contributed by atoms with van der Waals surface area (Å²) in [4.78, 5) is 22.7. The number of fused-ring (bicyclic) bond motifs is 1. The number of benzene rings is 1. The molecule has 112 valence electrons. The molecule has 2 heterocycles. The zero-order valence-electron chi connectivity index (χ0n) is 12.2. The van der Waals surface area contributed by atoms with Crippen molar-refractivity contribution in [3.8, 4) is 0 Å². The Morgan fingerprint density at radius 2 is 2.18 bits per heavy atom. The van der Waals surface area contributed by atoms with Crippen molar-refractivity contribution in [2.45, 2.75) is 6.42 Å². The number of thiazole rings is 1. The molecule has 0 aliphatic rings. The summed E-state index contributed by atoms with van der Waals surface area (Å²) in [6, 6.07) is 11.3. The van der Waals surface area contributed by atoms with Crippen molar-refractivity contribution in [3.63, 3.8) is 0 Å². The van der Waals surface area contributed by atoms with Gasteiger partial charge in [0.15, 0.2) is 5.13 Å². The molecular formula is C16H16N4OS.